The third kappa shape index (κ3) is 3.08. The van der Waals surface area contributed by atoms with Crippen molar-refractivity contribution in [2.45, 2.75) is 26.1 Å². The van der Waals surface area contributed by atoms with E-state index in [0.717, 1.165) is 6.07 Å². The van der Waals surface area contributed by atoms with E-state index in [9.17, 15) is 22.0 Å². The number of alkyl halides is 5. The molecule has 0 fully saturated rings. The number of ether oxygens (including phenoxy) is 1. The molecule has 0 spiro atoms. The van der Waals surface area contributed by atoms with Crippen molar-refractivity contribution in [2.24, 2.45) is 0 Å². The van der Waals surface area contributed by atoms with Crippen molar-refractivity contribution >= 4 is 0 Å². The molecule has 6 heteroatoms. The maximum absolute atomic E-state index is 12.5. The van der Waals surface area contributed by atoms with Crippen molar-refractivity contribution < 1.29 is 26.7 Å². The number of benzene rings is 1. The summed E-state index contributed by atoms with van der Waals surface area (Å²) >= 11 is 0. The van der Waals surface area contributed by atoms with Gasteiger partial charge >= 0.3 is 6.36 Å². The zero-order valence-corrected chi connectivity index (χ0v) is 8.31. The molecule has 1 rings (SSSR count). The second-order valence-corrected chi connectivity index (χ2v) is 3.04. The molecule has 0 aliphatic heterocycles. The first kappa shape index (κ1) is 12.7. The number of para-hydroxylation sites is 1. The molecule has 16 heavy (non-hydrogen) atoms. The molecule has 0 N–H and O–H groups in total. The lowest BCUT2D eigenvalue weighted by Crippen LogP contribution is -2.19. The van der Waals surface area contributed by atoms with Crippen LogP contribution in [0.2, 0.25) is 0 Å². The number of hydrogen-bond donors (Lipinski definition) is 0. The molecule has 1 aromatic carbocycles. The van der Waals surface area contributed by atoms with Crippen molar-refractivity contribution in [2.75, 3.05) is 0 Å². The summed E-state index contributed by atoms with van der Waals surface area (Å²) in [6.45, 7) is 1.56. The molecule has 0 bridgehead atoms. The highest BCUT2D eigenvalue weighted by Crippen LogP contribution is 2.35. The van der Waals surface area contributed by atoms with Gasteiger partial charge in [0.05, 0.1) is 5.56 Å². The van der Waals surface area contributed by atoms with E-state index in [4.69, 9.17) is 0 Å². The fourth-order valence-corrected chi connectivity index (χ4v) is 1.30. The highest BCUT2D eigenvalue weighted by atomic mass is 19.4. The zero-order chi connectivity index (χ0) is 12.3. The molecule has 0 saturated carbocycles. The monoisotopic (exact) mass is 240 g/mol. The molecule has 90 valence electrons. The number of aryl methyl sites for hydroxylation is 1. The standard InChI is InChI=1S/C10H9F5O/c1-2-6-4-3-5-7(9(11)12)8(6)16-10(13,14)15/h3-5,9H,2H2,1H3. The molecule has 0 saturated heterocycles. The minimum atomic E-state index is -4.96. The van der Waals surface area contributed by atoms with Crippen molar-refractivity contribution in [3.05, 3.63) is 29.3 Å². The van der Waals surface area contributed by atoms with Gasteiger partial charge in [-0.15, -0.1) is 13.2 Å². The second kappa shape index (κ2) is 4.67. The fourth-order valence-electron chi connectivity index (χ4n) is 1.30. The van der Waals surface area contributed by atoms with Gasteiger partial charge in [0.25, 0.3) is 6.43 Å². The number of halogens is 5. The van der Waals surface area contributed by atoms with E-state index in [-0.39, 0.29) is 12.0 Å². The molecule has 1 nitrogen and oxygen atoms in total. The molecular weight excluding hydrogens is 231 g/mol. The lowest BCUT2D eigenvalue weighted by Gasteiger charge is -2.16. The van der Waals surface area contributed by atoms with E-state index in [2.05, 4.69) is 4.74 Å². The molecule has 0 unspecified atom stereocenters. The van der Waals surface area contributed by atoms with Gasteiger partial charge < -0.3 is 4.74 Å². The van der Waals surface area contributed by atoms with Crippen LogP contribution in [-0.2, 0) is 6.42 Å². The first-order chi connectivity index (χ1) is 7.35. The summed E-state index contributed by atoms with van der Waals surface area (Å²) in [6, 6.07) is 3.53. The summed E-state index contributed by atoms with van der Waals surface area (Å²) in [4.78, 5) is 0. The van der Waals surface area contributed by atoms with Gasteiger partial charge in [-0.2, -0.15) is 0 Å². The van der Waals surface area contributed by atoms with Crippen molar-refractivity contribution in [3.8, 4) is 5.75 Å². The molecule has 0 aromatic heterocycles. The summed E-state index contributed by atoms with van der Waals surface area (Å²) in [7, 11) is 0. The van der Waals surface area contributed by atoms with E-state index in [1.165, 1.54) is 12.1 Å². The van der Waals surface area contributed by atoms with Gasteiger partial charge in [0.1, 0.15) is 5.75 Å². The molecule has 0 aliphatic carbocycles. The van der Waals surface area contributed by atoms with Gasteiger partial charge in [-0.1, -0.05) is 19.1 Å². The van der Waals surface area contributed by atoms with Crippen LogP contribution in [0.3, 0.4) is 0 Å². The van der Waals surface area contributed by atoms with Gasteiger partial charge in [-0.3, -0.25) is 0 Å². The van der Waals surface area contributed by atoms with E-state index < -0.39 is 24.1 Å². The van der Waals surface area contributed by atoms with Crippen molar-refractivity contribution in [1.82, 2.24) is 0 Å². The number of rotatable bonds is 3. The van der Waals surface area contributed by atoms with Crippen LogP contribution < -0.4 is 4.74 Å². The Hall–Kier alpha value is -1.33. The van der Waals surface area contributed by atoms with Crippen LogP contribution in [0.25, 0.3) is 0 Å². The first-order valence-corrected chi connectivity index (χ1v) is 4.50. The van der Waals surface area contributed by atoms with Crippen molar-refractivity contribution in [1.29, 1.82) is 0 Å². The Kier molecular flexibility index (Phi) is 3.72. The minimum Gasteiger partial charge on any atom is -0.405 e. The lowest BCUT2D eigenvalue weighted by molar-refractivity contribution is -0.275. The molecule has 0 radical (unpaired) electrons. The van der Waals surface area contributed by atoms with Crippen LogP contribution in [0.15, 0.2) is 18.2 Å². The van der Waals surface area contributed by atoms with Crippen LogP contribution in [0.5, 0.6) is 5.75 Å². The predicted molar refractivity (Wildman–Crippen MR) is 47.5 cm³/mol. The van der Waals surface area contributed by atoms with Gasteiger partial charge in [0.15, 0.2) is 0 Å². The van der Waals surface area contributed by atoms with Crippen LogP contribution in [-0.4, -0.2) is 6.36 Å². The molecule has 0 amide bonds. The Labute approximate surface area is 88.8 Å². The highest BCUT2D eigenvalue weighted by molar-refractivity contribution is 5.42. The molecule has 0 aliphatic rings. The largest absolute Gasteiger partial charge is 0.573 e. The Morgan fingerprint density at radius 1 is 1.25 bits per heavy atom. The molecular formula is C10H9F5O. The van der Waals surface area contributed by atoms with Gasteiger partial charge in [0.2, 0.25) is 0 Å². The molecule has 0 heterocycles. The van der Waals surface area contributed by atoms with E-state index in [1.807, 2.05) is 0 Å². The zero-order valence-electron chi connectivity index (χ0n) is 8.31. The third-order valence-corrected chi connectivity index (χ3v) is 1.96. The summed E-state index contributed by atoms with van der Waals surface area (Å²) in [5, 5.41) is 0. The normalized spacial score (nSPS) is 11.9. The highest BCUT2D eigenvalue weighted by Gasteiger charge is 2.34. The summed E-state index contributed by atoms with van der Waals surface area (Å²) < 4.78 is 64.7. The Morgan fingerprint density at radius 3 is 2.31 bits per heavy atom. The average molecular weight is 240 g/mol. The average Bonchev–Trinajstić information content (AvgIpc) is 2.15. The molecule has 0 atom stereocenters. The number of hydrogen-bond acceptors (Lipinski definition) is 1. The van der Waals surface area contributed by atoms with E-state index in [0.29, 0.717) is 0 Å². The Balaban J connectivity index is 3.20. The third-order valence-electron chi connectivity index (χ3n) is 1.96. The van der Waals surface area contributed by atoms with Gasteiger partial charge in [-0.05, 0) is 18.1 Å². The van der Waals surface area contributed by atoms with Gasteiger partial charge in [-0.25, -0.2) is 8.78 Å². The smallest absolute Gasteiger partial charge is 0.405 e. The molecule has 1 aromatic rings. The quantitative estimate of drug-likeness (QED) is 0.723. The van der Waals surface area contributed by atoms with Gasteiger partial charge in [0, 0.05) is 0 Å². The second-order valence-electron chi connectivity index (χ2n) is 3.04. The van der Waals surface area contributed by atoms with Crippen LogP contribution in [0, 0.1) is 0 Å². The maximum atomic E-state index is 12.5. The fraction of sp³-hybridized carbons (Fsp3) is 0.400. The lowest BCUT2D eigenvalue weighted by atomic mass is 10.1. The van der Waals surface area contributed by atoms with Crippen molar-refractivity contribution in [3.63, 3.8) is 0 Å². The van der Waals surface area contributed by atoms with Crippen LogP contribution in [0.4, 0.5) is 22.0 Å². The van der Waals surface area contributed by atoms with Crippen LogP contribution in [0.1, 0.15) is 24.5 Å². The summed E-state index contributed by atoms with van der Waals surface area (Å²) in [5.41, 5.74) is -0.633. The Bertz CT molecular complexity index is 359. The predicted octanol–water partition coefficient (Wildman–Crippen LogP) is 4.09. The summed E-state index contributed by atoms with van der Waals surface area (Å²) in [5.74, 6) is -0.785. The van der Waals surface area contributed by atoms with E-state index >= 15 is 0 Å². The SMILES string of the molecule is CCc1cccc(C(F)F)c1OC(F)(F)F. The first-order valence-electron chi connectivity index (χ1n) is 4.50. The topological polar surface area (TPSA) is 9.23 Å². The maximum Gasteiger partial charge on any atom is 0.573 e. The minimum absolute atomic E-state index is 0.107. The van der Waals surface area contributed by atoms with E-state index in [1.54, 1.807) is 6.92 Å². The Morgan fingerprint density at radius 2 is 1.88 bits per heavy atom. The summed E-state index contributed by atoms with van der Waals surface area (Å²) in [6.07, 6.45) is -7.77. The van der Waals surface area contributed by atoms with Crippen LogP contribution >= 0.6 is 0 Å².